The molecule has 1 heterocycles. The second kappa shape index (κ2) is 3.71. The van der Waals surface area contributed by atoms with E-state index in [-0.39, 0.29) is 0 Å². The number of thiophene rings is 1. The van der Waals surface area contributed by atoms with Gasteiger partial charge in [0, 0.05) is 14.6 Å². The summed E-state index contributed by atoms with van der Waals surface area (Å²) in [6.07, 6.45) is 0.862. The zero-order valence-electron chi connectivity index (χ0n) is 7.41. The summed E-state index contributed by atoms with van der Waals surface area (Å²) in [6.45, 7) is 0. The first-order chi connectivity index (χ1) is 6.76. The number of hydrogen-bond donors (Lipinski definition) is 0. The van der Waals surface area contributed by atoms with Crippen LogP contribution in [0.15, 0.2) is 22.7 Å². The van der Waals surface area contributed by atoms with E-state index in [2.05, 4.69) is 15.9 Å². The highest BCUT2D eigenvalue weighted by Crippen LogP contribution is 2.36. The molecule has 1 aromatic carbocycles. The maximum atomic E-state index is 10.7. The number of hydrogen-bond acceptors (Lipinski definition) is 3. The van der Waals surface area contributed by atoms with Gasteiger partial charge in [-0.2, -0.15) is 0 Å². The van der Waals surface area contributed by atoms with Crippen LogP contribution >= 0.6 is 27.3 Å². The maximum absolute atomic E-state index is 10.7. The molecule has 2 nitrogen and oxygen atoms in total. The van der Waals surface area contributed by atoms with Gasteiger partial charge in [-0.1, -0.05) is 0 Å². The minimum absolute atomic E-state index is 0.716. The molecule has 0 aliphatic rings. The smallest absolute Gasteiger partial charge is 0.161 e. The summed E-state index contributed by atoms with van der Waals surface area (Å²) < 4.78 is 7.05. The summed E-state index contributed by atoms with van der Waals surface area (Å²) in [5.74, 6) is 0.799. The molecule has 0 bridgehead atoms. The van der Waals surface area contributed by atoms with Crippen molar-refractivity contribution in [3.63, 3.8) is 0 Å². The predicted molar refractivity (Wildman–Crippen MR) is 61.5 cm³/mol. The monoisotopic (exact) mass is 270 g/mol. The van der Waals surface area contributed by atoms with E-state index < -0.39 is 0 Å². The van der Waals surface area contributed by atoms with Crippen molar-refractivity contribution < 1.29 is 9.53 Å². The minimum atomic E-state index is 0.716. The molecule has 14 heavy (non-hydrogen) atoms. The molecule has 0 spiro atoms. The number of ether oxygens (including phenoxy) is 1. The highest BCUT2D eigenvalue weighted by molar-refractivity contribution is 9.10. The second-order valence-electron chi connectivity index (χ2n) is 2.76. The van der Waals surface area contributed by atoms with E-state index in [0.29, 0.717) is 4.88 Å². The van der Waals surface area contributed by atoms with Crippen molar-refractivity contribution in [2.75, 3.05) is 7.11 Å². The van der Waals surface area contributed by atoms with Gasteiger partial charge in [0.15, 0.2) is 6.29 Å². The van der Waals surface area contributed by atoms with Crippen molar-refractivity contribution in [3.8, 4) is 5.75 Å². The van der Waals surface area contributed by atoms with Crippen molar-refractivity contribution in [1.29, 1.82) is 0 Å². The predicted octanol–water partition coefficient (Wildman–Crippen LogP) is 3.48. The quantitative estimate of drug-likeness (QED) is 0.781. The summed E-state index contributed by atoms with van der Waals surface area (Å²) in [4.78, 5) is 11.4. The third kappa shape index (κ3) is 1.44. The van der Waals surface area contributed by atoms with Gasteiger partial charge in [-0.15, -0.1) is 11.3 Å². The number of benzene rings is 1. The first-order valence-electron chi connectivity index (χ1n) is 3.97. The van der Waals surface area contributed by atoms with Crippen LogP contribution in [0.1, 0.15) is 9.67 Å². The van der Waals surface area contributed by atoms with Crippen LogP contribution in [0.2, 0.25) is 0 Å². The summed E-state index contributed by atoms with van der Waals surface area (Å²) in [7, 11) is 1.63. The minimum Gasteiger partial charge on any atom is -0.497 e. The topological polar surface area (TPSA) is 26.3 Å². The van der Waals surface area contributed by atoms with Gasteiger partial charge in [0.1, 0.15) is 5.75 Å². The molecular weight excluding hydrogens is 264 g/mol. The standard InChI is InChI=1S/C10H7BrO2S/c1-13-6-2-3-8-7(4-6)10(11)9(5-12)14-8/h2-5H,1H3. The molecule has 0 unspecified atom stereocenters. The van der Waals surface area contributed by atoms with E-state index in [1.807, 2.05) is 18.2 Å². The van der Waals surface area contributed by atoms with Crippen molar-refractivity contribution in [2.24, 2.45) is 0 Å². The van der Waals surface area contributed by atoms with Gasteiger partial charge in [-0.05, 0) is 34.1 Å². The zero-order valence-corrected chi connectivity index (χ0v) is 9.81. The van der Waals surface area contributed by atoms with Crippen molar-refractivity contribution in [1.82, 2.24) is 0 Å². The van der Waals surface area contributed by atoms with Gasteiger partial charge in [-0.25, -0.2) is 0 Å². The summed E-state index contributed by atoms with van der Waals surface area (Å²) >= 11 is 4.87. The van der Waals surface area contributed by atoms with E-state index in [1.54, 1.807) is 7.11 Å². The van der Waals surface area contributed by atoms with Gasteiger partial charge in [0.2, 0.25) is 0 Å². The molecule has 1 aromatic heterocycles. The van der Waals surface area contributed by atoms with Gasteiger partial charge in [0.25, 0.3) is 0 Å². The average molecular weight is 271 g/mol. The number of rotatable bonds is 2. The van der Waals surface area contributed by atoms with Crippen LogP contribution in [0.5, 0.6) is 5.75 Å². The molecular formula is C10H7BrO2S. The Hall–Kier alpha value is -0.870. The molecule has 0 amide bonds. The lowest BCUT2D eigenvalue weighted by Crippen LogP contribution is -1.80. The number of methoxy groups -OCH3 is 1. The van der Waals surface area contributed by atoms with Crippen LogP contribution in [0, 0.1) is 0 Å². The molecule has 0 saturated carbocycles. The second-order valence-corrected chi connectivity index (χ2v) is 4.64. The molecule has 0 saturated heterocycles. The largest absolute Gasteiger partial charge is 0.497 e. The maximum Gasteiger partial charge on any atom is 0.161 e. The van der Waals surface area contributed by atoms with Gasteiger partial charge >= 0.3 is 0 Å². The van der Waals surface area contributed by atoms with E-state index in [9.17, 15) is 4.79 Å². The Bertz CT molecular complexity index is 490. The van der Waals surface area contributed by atoms with E-state index in [0.717, 1.165) is 26.6 Å². The van der Waals surface area contributed by atoms with Crippen LogP contribution < -0.4 is 4.74 Å². The van der Waals surface area contributed by atoms with Crippen molar-refractivity contribution >= 4 is 43.6 Å². The Labute approximate surface area is 93.6 Å². The van der Waals surface area contributed by atoms with E-state index >= 15 is 0 Å². The molecule has 0 N–H and O–H groups in total. The third-order valence-corrected chi connectivity index (χ3v) is 4.18. The number of carbonyl (C=O) groups excluding carboxylic acids is 1. The zero-order chi connectivity index (χ0) is 10.1. The first kappa shape index (κ1) is 9.68. The Morgan fingerprint density at radius 2 is 2.29 bits per heavy atom. The van der Waals surface area contributed by atoms with Gasteiger partial charge in [-0.3, -0.25) is 4.79 Å². The van der Waals surface area contributed by atoms with Crippen LogP contribution in [0.25, 0.3) is 10.1 Å². The van der Waals surface area contributed by atoms with Gasteiger partial charge < -0.3 is 4.74 Å². The van der Waals surface area contributed by atoms with Crippen LogP contribution in [0.4, 0.5) is 0 Å². The Morgan fingerprint density at radius 3 is 2.93 bits per heavy atom. The molecule has 0 radical (unpaired) electrons. The molecule has 72 valence electrons. The van der Waals surface area contributed by atoms with Crippen LogP contribution in [0.3, 0.4) is 0 Å². The number of carbonyl (C=O) groups is 1. The number of halogens is 1. The average Bonchev–Trinajstić information content (AvgIpc) is 2.55. The third-order valence-electron chi connectivity index (χ3n) is 1.97. The summed E-state index contributed by atoms with van der Waals surface area (Å²) in [5.41, 5.74) is 0. The number of aldehydes is 1. The van der Waals surface area contributed by atoms with E-state index in [4.69, 9.17) is 4.74 Å². The lowest BCUT2D eigenvalue weighted by Gasteiger charge is -1.98. The molecule has 0 aliphatic heterocycles. The summed E-state index contributed by atoms with van der Waals surface area (Å²) in [6, 6.07) is 5.76. The fraction of sp³-hybridized carbons (Fsp3) is 0.100. The number of fused-ring (bicyclic) bond motifs is 1. The van der Waals surface area contributed by atoms with Crippen molar-refractivity contribution in [3.05, 3.63) is 27.5 Å². The first-order valence-corrected chi connectivity index (χ1v) is 5.58. The lowest BCUT2D eigenvalue weighted by atomic mass is 10.2. The fourth-order valence-corrected chi connectivity index (χ4v) is 2.96. The van der Waals surface area contributed by atoms with E-state index in [1.165, 1.54) is 11.3 Å². The highest BCUT2D eigenvalue weighted by Gasteiger charge is 2.09. The molecule has 2 aromatic rings. The SMILES string of the molecule is COc1ccc2sc(C=O)c(Br)c2c1. The molecule has 0 fully saturated rings. The van der Waals surface area contributed by atoms with Crippen molar-refractivity contribution in [2.45, 2.75) is 0 Å². The lowest BCUT2D eigenvalue weighted by molar-refractivity contribution is 0.112. The molecule has 0 aliphatic carbocycles. The Balaban J connectivity index is 2.74. The fourth-order valence-electron chi connectivity index (χ4n) is 1.27. The summed E-state index contributed by atoms with van der Waals surface area (Å²) in [5, 5.41) is 1.02. The highest BCUT2D eigenvalue weighted by atomic mass is 79.9. The van der Waals surface area contributed by atoms with Crippen LogP contribution in [-0.4, -0.2) is 13.4 Å². The Kier molecular flexibility index (Phi) is 2.56. The molecule has 0 atom stereocenters. The van der Waals surface area contributed by atoms with Gasteiger partial charge in [0.05, 0.1) is 12.0 Å². The molecule has 2 rings (SSSR count). The van der Waals surface area contributed by atoms with Crippen LogP contribution in [-0.2, 0) is 0 Å². The molecule has 4 heteroatoms. The Morgan fingerprint density at radius 1 is 1.50 bits per heavy atom. The normalized spacial score (nSPS) is 10.4.